The Morgan fingerprint density at radius 2 is 1.95 bits per heavy atom. The molecule has 0 bridgehead atoms. The Bertz CT molecular complexity index is 690. The molecular formula is C14H9NO2S3. The normalized spacial score (nSPS) is 17.2. The second-order valence-corrected chi connectivity index (χ2v) is 6.70. The third kappa shape index (κ3) is 2.49. The van der Waals surface area contributed by atoms with Crippen LogP contribution in [0.1, 0.15) is 4.88 Å². The number of aromatic hydroxyl groups is 1. The lowest BCUT2D eigenvalue weighted by Gasteiger charge is -2.14. The van der Waals surface area contributed by atoms with Crippen molar-refractivity contribution in [2.45, 2.75) is 0 Å². The summed E-state index contributed by atoms with van der Waals surface area (Å²) in [5.74, 6) is 0.0346. The van der Waals surface area contributed by atoms with Crippen LogP contribution in [0.5, 0.6) is 5.75 Å². The Morgan fingerprint density at radius 1 is 1.20 bits per heavy atom. The molecule has 0 radical (unpaired) electrons. The van der Waals surface area contributed by atoms with Gasteiger partial charge in [0.2, 0.25) is 0 Å². The number of thiophene rings is 1. The third-order valence-corrected chi connectivity index (χ3v) is 4.84. The van der Waals surface area contributed by atoms with Gasteiger partial charge in [0.15, 0.2) is 4.32 Å². The quantitative estimate of drug-likeness (QED) is 0.674. The van der Waals surface area contributed by atoms with Crippen LogP contribution in [-0.2, 0) is 4.79 Å². The number of hydrogen-bond acceptors (Lipinski definition) is 5. The number of phenols is 1. The van der Waals surface area contributed by atoms with Gasteiger partial charge in [-0.25, -0.2) is 0 Å². The van der Waals surface area contributed by atoms with Crippen LogP contribution in [0.15, 0.2) is 46.7 Å². The fraction of sp³-hybridized carbons (Fsp3) is 0. The molecule has 1 fully saturated rings. The van der Waals surface area contributed by atoms with Crippen LogP contribution in [-0.4, -0.2) is 15.3 Å². The molecule has 100 valence electrons. The molecular weight excluding hydrogens is 310 g/mol. The number of benzene rings is 1. The van der Waals surface area contributed by atoms with Crippen molar-refractivity contribution < 1.29 is 9.90 Å². The first-order valence-electron chi connectivity index (χ1n) is 5.75. The molecule has 1 N–H and O–H groups in total. The number of amides is 1. The lowest BCUT2D eigenvalue weighted by molar-refractivity contribution is -0.113. The molecule has 0 unspecified atom stereocenters. The van der Waals surface area contributed by atoms with E-state index in [1.165, 1.54) is 28.8 Å². The molecule has 0 aliphatic carbocycles. The van der Waals surface area contributed by atoms with Gasteiger partial charge in [-0.15, -0.1) is 11.3 Å². The van der Waals surface area contributed by atoms with Gasteiger partial charge in [0.1, 0.15) is 5.75 Å². The first-order valence-corrected chi connectivity index (χ1v) is 7.86. The predicted molar refractivity (Wildman–Crippen MR) is 88.1 cm³/mol. The summed E-state index contributed by atoms with van der Waals surface area (Å²) < 4.78 is 0.503. The van der Waals surface area contributed by atoms with E-state index in [1.54, 1.807) is 23.5 Å². The molecule has 1 aliphatic rings. The summed E-state index contributed by atoms with van der Waals surface area (Å²) in [6.07, 6.45) is 1.85. The van der Waals surface area contributed by atoms with Crippen LogP contribution in [0.2, 0.25) is 0 Å². The number of carbonyl (C=O) groups excluding carboxylic acids is 1. The molecule has 1 amide bonds. The smallest absolute Gasteiger partial charge is 0.270 e. The molecule has 6 heteroatoms. The molecule has 0 atom stereocenters. The van der Waals surface area contributed by atoms with E-state index in [0.29, 0.717) is 14.9 Å². The maximum absolute atomic E-state index is 12.4. The van der Waals surface area contributed by atoms with Gasteiger partial charge < -0.3 is 5.11 Å². The van der Waals surface area contributed by atoms with Gasteiger partial charge in [-0.05, 0) is 41.8 Å². The van der Waals surface area contributed by atoms with E-state index >= 15 is 0 Å². The van der Waals surface area contributed by atoms with E-state index in [0.717, 1.165) is 4.88 Å². The highest BCUT2D eigenvalue weighted by Gasteiger charge is 2.33. The molecule has 0 saturated carbocycles. The van der Waals surface area contributed by atoms with Crippen molar-refractivity contribution in [1.82, 2.24) is 0 Å². The number of thiocarbonyl (C=S) groups is 1. The second-order valence-electron chi connectivity index (χ2n) is 4.05. The van der Waals surface area contributed by atoms with Gasteiger partial charge in [-0.3, -0.25) is 9.69 Å². The van der Waals surface area contributed by atoms with Crippen LogP contribution >= 0.6 is 35.3 Å². The highest BCUT2D eigenvalue weighted by molar-refractivity contribution is 8.27. The van der Waals surface area contributed by atoms with Gasteiger partial charge in [0.25, 0.3) is 5.91 Å². The number of thioether (sulfide) groups is 1. The SMILES string of the molecule is O=C1/C(=C\c2cccs2)SC(=S)N1c1ccc(O)cc1. The highest BCUT2D eigenvalue weighted by atomic mass is 32.2. The van der Waals surface area contributed by atoms with Crippen molar-refractivity contribution in [3.05, 3.63) is 51.6 Å². The maximum atomic E-state index is 12.4. The number of nitrogens with zero attached hydrogens (tertiary/aromatic N) is 1. The van der Waals surface area contributed by atoms with Gasteiger partial charge >= 0.3 is 0 Å². The lowest BCUT2D eigenvalue weighted by Crippen LogP contribution is -2.27. The van der Waals surface area contributed by atoms with Crippen LogP contribution in [0.4, 0.5) is 5.69 Å². The van der Waals surface area contributed by atoms with Gasteiger partial charge in [0, 0.05) is 4.88 Å². The van der Waals surface area contributed by atoms with Gasteiger partial charge in [0.05, 0.1) is 10.6 Å². The number of rotatable bonds is 2. The Hall–Kier alpha value is -1.63. The van der Waals surface area contributed by atoms with E-state index in [1.807, 2.05) is 23.6 Å². The summed E-state index contributed by atoms with van der Waals surface area (Å²) in [6, 6.07) is 10.3. The summed E-state index contributed by atoms with van der Waals surface area (Å²) in [7, 11) is 0. The van der Waals surface area contributed by atoms with E-state index in [-0.39, 0.29) is 11.7 Å². The van der Waals surface area contributed by atoms with Crippen LogP contribution in [0.3, 0.4) is 0 Å². The Labute approximate surface area is 129 Å². The number of hydrogen-bond donors (Lipinski definition) is 1. The molecule has 1 aromatic carbocycles. The van der Waals surface area contributed by atoms with Crippen molar-refractivity contribution in [1.29, 1.82) is 0 Å². The van der Waals surface area contributed by atoms with Crippen molar-refractivity contribution in [3.8, 4) is 5.75 Å². The zero-order valence-corrected chi connectivity index (χ0v) is 12.6. The topological polar surface area (TPSA) is 40.5 Å². The fourth-order valence-electron chi connectivity index (χ4n) is 1.79. The van der Waals surface area contributed by atoms with Crippen molar-refractivity contribution >= 4 is 57.3 Å². The summed E-state index contributed by atoms with van der Waals surface area (Å²) in [6.45, 7) is 0. The minimum atomic E-state index is -0.126. The zero-order valence-electron chi connectivity index (χ0n) is 10.1. The summed E-state index contributed by atoms with van der Waals surface area (Å²) in [5.41, 5.74) is 0.667. The molecule has 2 aromatic rings. The molecule has 2 heterocycles. The Morgan fingerprint density at radius 3 is 2.60 bits per heavy atom. The standard InChI is InChI=1S/C14H9NO2S3/c16-10-5-3-9(4-6-10)15-13(17)12(20-14(15)18)8-11-2-1-7-19-11/h1-8,16H/b12-8+. The van der Waals surface area contributed by atoms with Gasteiger partial charge in [-0.2, -0.15) is 0 Å². The molecule has 3 rings (SSSR count). The maximum Gasteiger partial charge on any atom is 0.270 e. The van der Waals surface area contributed by atoms with Crippen LogP contribution < -0.4 is 4.90 Å². The van der Waals surface area contributed by atoms with Crippen molar-refractivity contribution in [2.75, 3.05) is 4.90 Å². The second kappa shape index (κ2) is 5.40. The Balaban J connectivity index is 1.93. The van der Waals surface area contributed by atoms with E-state index in [9.17, 15) is 9.90 Å². The zero-order chi connectivity index (χ0) is 14.1. The third-order valence-electron chi connectivity index (χ3n) is 2.72. The van der Waals surface area contributed by atoms with Crippen LogP contribution in [0, 0.1) is 0 Å². The molecule has 1 aromatic heterocycles. The fourth-order valence-corrected chi connectivity index (χ4v) is 3.82. The average Bonchev–Trinajstić information content (AvgIpc) is 3.02. The molecule has 20 heavy (non-hydrogen) atoms. The van der Waals surface area contributed by atoms with E-state index in [2.05, 4.69) is 0 Å². The molecule has 0 spiro atoms. The van der Waals surface area contributed by atoms with E-state index in [4.69, 9.17) is 12.2 Å². The first kappa shape index (κ1) is 13.4. The molecule has 1 saturated heterocycles. The number of anilines is 1. The molecule has 1 aliphatic heterocycles. The number of carbonyl (C=O) groups is 1. The average molecular weight is 319 g/mol. The summed E-state index contributed by atoms with van der Waals surface area (Å²) in [4.78, 5) is 15.5. The van der Waals surface area contributed by atoms with Crippen LogP contribution in [0.25, 0.3) is 6.08 Å². The summed E-state index contributed by atoms with van der Waals surface area (Å²) >= 11 is 8.14. The van der Waals surface area contributed by atoms with Crippen molar-refractivity contribution in [2.24, 2.45) is 0 Å². The minimum Gasteiger partial charge on any atom is -0.508 e. The first-order chi connectivity index (χ1) is 9.65. The minimum absolute atomic E-state index is 0.126. The monoisotopic (exact) mass is 319 g/mol. The Kier molecular flexibility index (Phi) is 3.60. The summed E-state index contributed by atoms with van der Waals surface area (Å²) in [5, 5.41) is 11.3. The van der Waals surface area contributed by atoms with Gasteiger partial charge in [-0.1, -0.05) is 30.0 Å². The highest BCUT2D eigenvalue weighted by Crippen LogP contribution is 2.36. The largest absolute Gasteiger partial charge is 0.508 e. The number of phenolic OH excluding ortho intramolecular Hbond substituents is 1. The van der Waals surface area contributed by atoms with Crippen molar-refractivity contribution in [3.63, 3.8) is 0 Å². The van der Waals surface area contributed by atoms with E-state index < -0.39 is 0 Å². The predicted octanol–water partition coefficient (Wildman–Crippen LogP) is 3.86. The molecule has 3 nitrogen and oxygen atoms in total. The lowest BCUT2D eigenvalue weighted by atomic mass is 10.2.